The Morgan fingerprint density at radius 1 is 1.44 bits per heavy atom. The maximum Gasteiger partial charge on any atom is 0.0931 e. The Morgan fingerprint density at radius 2 is 2.19 bits per heavy atom. The summed E-state index contributed by atoms with van der Waals surface area (Å²) in [6.45, 7) is 4.70. The number of rotatable bonds is 7. The van der Waals surface area contributed by atoms with E-state index in [1.807, 2.05) is 19.1 Å². The van der Waals surface area contributed by atoms with Crippen molar-refractivity contribution in [3.05, 3.63) is 21.3 Å². The molecule has 2 unspecified atom stereocenters. The summed E-state index contributed by atoms with van der Waals surface area (Å²) in [7, 11) is 0. The molecule has 0 spiro atoms. The lowest BCUT2D eigenvalue weighted by atomic mass is 10.1. The normalized spacial score (nSPS) is 15.0. The van der Waals surface area contributed by atoms with E-state index in [9.17, 15) is 5.11 Å². The van der Waals surface area contributed by atoms with E-state index in [1.165, 1.54) is 11.3 Å². The summed E-state index contributed by atoms with van der Waals surface area (Å²) in [5.41, 5.74) is 0. The molecule has 0 aliphatic rings. The zero-order chi connectivity index (χ0) is 12.0. The molecule has 2 nitrogen and oxygen atoms in total. The van der Waals surface area contributed by atoms with Crippen molar-refractivity contribution in [3.63, 3.8) is 0 Å². The molecule has 1 aromatic heterocycles. The minimum atomic E-state index is -0.436. The number of hydrogen-bond acceptors (Lipinski definition) is 3. The van der Waals surface area contributed by atoms with Crippen LogP contribution in [0.5, 0.6) is 0 Å². The summed E-state index contributed by atoms with van der Waals surface area (Å²) >= 11 is 7.37. The second-order valence-electron chi connectivity index (χ2n) is 3.76. The molecule has 92 valence electrons. The third-order valence-corrected chi connectivity index (χ3v) is 3.68. The number of aliphatic hydroxyl groups excluding tert-OH is 1. The van der Waals surface area contributed by atoms with Gasteiger partial charge in [0.15, 0.2) is 0 Å². The predicted molar refractivity (Wildman–Crippen MR) is 69.4 cm³/mol. The molecule has 0 radical (unpaired) electrons. The maximum atomic E-state index is 10.1. The van der Waals surface area contributed by atoms with Crippen LogP contribution < -0.4 is 0 Å². The van der Waals surface area contributed by atoms with Crippen LogP contribution in [0.3, 0.4) is 0 Å². The fourth-order valence-corrected chi connectivity index (χ4v) is 2.82. The number of halogens is 1. The zero-order valence-corrected chi connectivity index (χ0v) is 11.4. The second-order valence-corrected chi connectivity index (χ2v) is 5.56. The molecule has 0 aromatic carbocycles. The summed E-state index contributed by atoms with van der Waals surface area (Å²) < 4.78 is 6.31. The van der Waals surface area contributed by atoms with E-state index in [0.29, 0.717) is 13.0 Å². The third-order valence-electron chi connectivity index (χ3n) is 2.42. The molecule has 0 bridgehead atoms. The average Bonchev–Trinajstić information content (AvgIpc) is 2.63. The van der Waals surface area contributed by atoms with Crippen LogP contribution in [0.15, 0.2) is 12.1 Å². The van der Waals surface area contributed by atoms with Crippen molar-refractivity contribution in [2.45, 2.75) is 45.3 Å². The van der Waals surface area contributed by atoms with Crippen molar-refractivity contribution < 1.29 is 9.84 Å². The molecule has 1 heterocycles. The van der Waals surface area contributed by atoms with Crippen LogP contribution in [0.4, 0.5) is 0 Å². The molecule has 2 atom stereocenters. The number of ether oxygens (including phenoxy) is 1. The molecule has 1 aromatic rings. The number of hydrogen-bond donors (Lipinski definition) is 1. The van der Waals surface area contributed by atoms with E-state index in [1.54, 1.807) is 0 Å². The van der Waals surface area contributed by atoms with Gasteiger partial charge >= 0.3 is 0 Å². The minimum Gasteiger partial charge on any atom is -0.390 e. The van der Waals surface area contributed by atoms with Crippen LogP contribution in [0.25, 0.3) is 0 Å². The summed E-state index contributed by atoms with van der Waals surface area (Å²) in [6.07, 6.45) is 2.05. The van der Waals surface area contributed by atoms with Gasteiger partial charge in [0.1, 0.15) is 0 Å². The van der Waals surface area contributed by atoms with Gasteiger partial charge in [-0.25, -0.2) is 0 Å². The van der Waals surface area contributed by atoms with Gasteiger partial charge in [0.05, 0.1) is 16.5 Å². The maximum absolute atomic E-state index is 10.1. The van der Waals surface area contributed by atoms with E-state index in [4.69, 9.17) is 16.3 Å². The van der Waals surface area contributed by atoms with E-state index >= 15 is 0 Å². The van der Waals surface area contributed by atoms with E-state index in [2.05, 4.69) is 6.92 Å². The molecule has 0 saturated carbocycles. The third kappa shape index (κ3) is 4.42. The second kappa shape index (κ2) is 7.28. The van der Waals surface area contributed by atoms with Gasteiger partial charge in [-0.3, -0.25) is 0 Å². The van der Waals surface area contributed by atoms with Crippen LogP contribution in [0.2, 0.25) is 4.34 Å². The summed E-state index contributed by atoms with van der Waals surface area (Å²) in [6, 6.07) is 3.83. The Bertz CT molecular complexity index is 295. The first-order valence-corrected chi connectivity index (χ1v) is 6.90. The van der Waals surface area contributed by atoms with Gasteiger partial charge in [-0.2, -0.15) is 0 Å². The highest BCUT2D eigenvalue weighted by molar-refractivity contribution is 7.16. The quantitative estimate of drug-likeness (QED) is 0.815. The van der Waals surface area contributed by atoms with Crippen LogP contribution in [0, 0.1) is 0 Å². The molecular formula is C12H19ClO2S. The van der Waals surface area contributed by atoms with Crippen molar-refractivity contribution in [2.24, 2.45) is 0 Å². The smallest absolute Gasteiger partial charge is 0.0931 e. The zero-order valence-electron chi connectivity index (χ0n) is 9.78. The minimum absolute atomic E-state index is 0.0594. The molecule has 16 heavy (non-hydrogen) atoms. The van der Waals surface area contributed by atoms with Crippen molar-refractivity contribution >= 4 is 22.9 Å². The van der Waals surface area contributed by atoms with E-state index < -0.39 is 6.10 Å². The number of thiophene rings is 1. The van der Waals surface area contributed by atoms with Gasteiger partial charge in [-0.15, -0.1) is 11.3 Å². The molecular weight excluding hydrogens is 244 g/mol. The fraction of sp³-hybridized carbons (Fsp3) is 0.667. The molecule has 0 saturated heterocycles. The first kappa shape index (κ1) is 14.0. The Balaban J connectivity index is 2.50. The molecule has 0 amide bonds. The molecule has 1 rings (SSSR count). The van der Waals surface area contributed by atoms with Crippen molar-refractivity contribution in [1.29, 1.82) is 0 Å². The Morgan fingerprint density at radius 3 is 2.69 bits per heavy atom. The van der Waals surface area contributed by atoms with E-state index in [0.717, 1.165) is 22.1 Å². The van der Waals surface area contributed by atoms with Crippen LogP contribution >= 0.6 is 22.9 Å². The topological polar surface area (TPSA) is 29.5 Å². The fourth-order valence-electron chi connectivity index (χ4n) is 1.68. The van der Waals surface area contributed by atoms with Gasteiger partial charge in [0, 0.05) is 17.9 Å². The largest absolute Gasteiger partial charge is 0.390 e. The Hall–Kier alpha value is -0.0900. The van der Waals surface area contributed by atoms with Crippen LogP contribution in [-0.4, -0.2) is 23.9 Å². The van der Waals surface area contributed by atoms with Gasteiger partial charge in [-0.05, 0) is 25.5 Å². The predicted octanol–water partition coefficient (Wildman–Crippen LogP) is 3.51. The summed E-state index contributed by atoms with van der Waals surface area (Å²) in [4.78, 5) is 1.11. The molecule has 4 heteroatoms. The van der Waals surface area contributed by atoms with E-state index in [-0.39, 0.29) is 6.10 Å². The van der Waals surface area contributed by atoms with Crippen molar-refractivity contribution in [3.8, 4) is 0 Å². The highest BCUT2D eigenvalue weighted by Gasteiger charge is 2.19. The summed E-state index contributed by atoms with van der Waals surface area (Å²) in [5, 5.41) is 10.1. The van der Waals surface area contributed by atoms with Gasteiger partial charge in [0.2, 0.25) is 0 Å². The van der Waals surface area contributed by atoms with Gasteiger partial charge < -0.3 is 9.84 Å². The monoisotopic (exact) mass is 262 g/mol. The molecule has 0 aliphatic carbocycles. The van der Waals surface area contributed by atoms with Gasteiger partial charge in [0.25, 0.3) is 0 Å². The van der Waals surface area contributed by atoms with Gasteiger partial charge in [-0.1, -0.05) is 24.9 Å². The van der Waals surface area contributed by atoms with Crippen LogP contribution in [-0.2, 0) is 11.2 Å². The SMILES string of the molecule is CCCC(OCC)C(O)Cc1ccc(Cl)s1. The highest BCUT2D eigenvalue weighted by Crippen LogP contribution is 2.24. The first-order chi connectivity index (χ1) is 7.67. The highest BCUT2D eigenvalue weighted by atomic mass is 35.5. The Labute approximate surface area is 106 Å². The lowest BCUT2D eigenvalue weighted by Gasteiger charge is -2.21. The van der Waals surface area contributed by atoms with Crippen LogP contribution in [0.1, 0.15) is 31.6 Å². The molecule has 1 N–H and O–H groups in total. The lowest BCUT2D eigenvalue weighted by Crippen LogP contribution is -2.30. The summed E-state index contributed by atoms with van der Waals surface area (Å²) in [5.74, 6) is 0. The number of aliphatic hydroxyl groups is 1. The van der Waals surface area contributed by atoms with Crippen molar-refractivity contribution in [2.75, 3.05) is 6.61 Å². The lowest BCUT2D eigenvalue weighted by molar-refractivity contribution is -0.0360. The molecule has 0 aliphatic heterocycles. The average molecular weight is 263 g/mol. The first-order valence-electron chi connectivity index (χ1n) is 5.71. The molecule has 0 fully saturated rings. The standard InChI is InChI=1S/C12H19ClO2S/c1-3-5-11(15-4-2)10(14)8-9-6-7-12(13)16-9/h6-7,10-11,14H,3-5,8H2,1-2H3. The Kier molecular flexibility index (Phi) is 6.36. The van der Waals surface area contributed by atoms with Crippen molar-refractivity contribution in [1.82, 2.24) is 0 Å².